The largest absolute Gasteiger partial charge is 0.382 e. The van der Waals surface area contributed by atoms with Gasteiger partial charge < -0.3 is 16.4 Å². The number of halogens is 2. The molecule has 1 heterocycles. The van der Waals surface area contributed by atoms with Crippen LogP contribution in [-0.2, 0) is 0 Å². The summed E-state index contributed by atoms with van der Waals surface area (Å²) in [7, 11) is 1.69. The number of nitrogen functional groups attached to an aromatic ring is 1. The zero-order valence-electron chi connectivity index (χ0n) is 10.8. The maximum Gasteiger partial charge on any atom is 0.269 e. The Balaban J connectivity index is 2.27. The van der Waals surface area contributed by atoms with Crippen LogP contribution in [0, 0.1) is 12.7 Å². The fraction of sp³-hybridized carbons (Fsp3) is 0.167. The van der Waals surface area contributed by atoms with Gasteiger partial charge in [0.15, 0.2) is 5.13 Å². The molecule has 2 rings (SSSR count). The van der Waals surface area contributed by atoms with Crippen LogP contribution in [-0.4, -0.2) is 17.9 Å². The molecule has 0 aliphatic carbocycles. The van der Waals surface area contributed by atoms with E-state index in [1.165, 1.54) is 6.07 Å². The van der Waals surface area contributed by atoms with E-state index in [0.717, 1.165) is 16.9 Å². The monoisotopic (exact) mass is 358 g/mol. The molecule has 0 spiro atoms. The van der Waals surface area contributed by atoms with Gasteiger partial charge in [0.2, 0.25) is 0 Å². The van der Waals surface area contributed by atoms with Crippen LogP contribution >= 0.6 is 27.3 Å². The lowest BCUT2D eigenvalue weighted by Gasteiger charge is -2.08. The average Bonchev–Trinajstić information content (AvgIpc) is 2.77. The molecular weight excluding hydrogens is 347 g/mol. The summed E-state index contributed by atoms with van der Waals surface area (Å²) in [4.78, 5) is 16.4. The highest BCUT2D eigenvalue weighted by Crippen LogP contribution is 2.28. The molecule has 0 fully saturated rings. The van der Waals surface area contributed by atoms with Gasteiger partial charge in [0, 0.05) is 12.7 Å². The SMILES string of the molecule is CNc1nc(N)c(C(=O)Nc2cc(F)c(Br)cc2C)s1. The number of hydrogen-bond acceptors (Lipinski definition) is 5. The predicted molar refractivity (Wildman–Crippen MR) is 82.9 cm³/mol. The molecule has 1 aromatic heterocycles. The number of nitrogens with two attached hydrogens (primary N) is 1. The van der Waals surface area contributed by atoms with Gasteiger partial charge in [0.1, 0.15) is 16.5 Å². The van der Waals surface area contributed by atoms with Gasteiger partial charge >= 0.3 is 0 Å². The van der Waals surface area contributed by atoms with E-state index >= 15 is 0 Å². The normalized spacial score (nSPS) is 10.4. The van der Waals surface area contributed by atoms with Crippen molar-refractivity contribution < 1.29 is 9.18 Å². The Morgan fingerprint density at radius 1 is 1.50 bits per heavy atom. The van der Waals surface area contributed by atoms with E-state index in [-0.39, 0.29) is 10.7 Å². The summed E-state index contributed by atoms with van der Waals surface area (Å²) >= 11 is 4.23. The Morgan fingerprint density at radius 2 is 2.20 bits per heavy atom. The van der Waals surface area contributed by atoms with Crippen LogP contribution < -0.4 is 16.4 Å². The molecule has 8 heteroatoms. The second-order valence-electron chi connectivity index (χ2n) is 4.02. The summed E-state index contributed by atoms with van der Waals surface area (Å²) < 4.78 is 13.9. The number of amides is 1. The second-order valence-corrected chi connectivity index (χ2v) is 5.87. The van der Waals surface area contributed by atoms with Crippen LogP contribution in [0.15, 0.2) is 16.6 Å². The molecule has 0 aliphatic heterocycles. The zero-order valence-corrected chi connectivity index (χ0v) is 13.2. The maximum atomic E-state index is 13.5. The molecule has 4 N–H and O–H groups in total. The highest BCUT2D eigenvalue weighted by atomic mass is 79.9. The Hall–Kier alpha value is -1.67. The number of carbonyl (C=O) groups is 1. The zero-order chi connectivity index (χ0) is 14.9. The average molecular weight is 359 g/mol. The van der Waals surface area contributed by atoms with Gasteiger partial charge in [-0.15, -0.1) is 0 Å². The van der Waals surface area contributed by atoms with Crippen molar-refractivity contribution in [2.45, 2.75) is 6.92 Å². The number of hydrogen-bond donors (Lipinski definition) is 3. The van der Waals surface area contributed by atoms with Crippen molar-refractivity contribution in [3.63, 3.8) is 0 Å². The first-order valence-corrected chi connectivity index (χ1v) is 7.24. The van der Waals surface area contributed by atoms with E-state index in [4.69, 9.17) is 5.73 Å². The number of nitrogens with one attached hydrogen (secondary N) is 2. The summed E-state index contributed by atoms with van der Waals surface area (Å²) in [6, 6.07) is 2.85. The molecule has 106 valence electrons. The molecular formula is C12H12BrFN4OS. The van der Waals surface area contributed by atoms with Crippen LogP contribution in [0.5, 0.6) is 0 Å². The van der Waals surface area contributed by atoms with Crippen LogP contribution in [0.1, 0.15) is 15.2 Å². The van der Waals surface area contributed by atoms with E-state index < -0.39 is 11.7 Å². The second kappa shape index (κ2) is 5.76. The Labute approximate surface area is 127 Å². The Morgan fingerprint density at radius 3 is 2.80 bits per heavy atom. The smallest absolute Gasteiger partial charge is 0.269 e. The van der Waals surface area contributed by atoms with Gasteiger partial charge in [0.05, 0.1) is 4.47 Å². The van der Waals surface area contributed by atoms with Crippen molar-refractivity contribution in [1.29, 1.82) is 0 Å². The first-order chi connectivity index (χ1) is 9.42. The van der Waals surface area contributed by atoms with Gasteiger partial charge in [-0.05, 0) is 40.5 Å². The number of aromatic nitrogens is 1. The standard InChI is InChI=1S/C12H12BrFN4OS/c1-5-3-6(13)7(14)4-8(5)17-11(19)9-10(15)18-12(16-2)20-9/h3-4H,15H2,1-2H3,(H,16,18)(H,17,19). The first kappa shape index (κ1) is 14.7. The third-order valence-corrected chi connectivity index (χ3v) is 4.28. The minimum absolute atomic E-state index is 0.145. The lowest BCUT2D eigenvalue weighted by molar-refractivity contribution is 0.103. The van der Waals surface area contributed by atoms with Crippen molar-refractivity contribution in [1.82, 2.24) is 4.98 Å². The fourth-order valence-electron chi connectivity index (χ4n) is 1.56. The first-order valence-electron chi connectivity index (χ1n) is 5.63. The van der Waals surface area contributed by atoms with E-state index in [2.05, 4.69) is 31.5 Å². The maximum absolute atomic E-state index is 13.5. The summed E-state index contributed by atoms with van der Waals surface area (Å²) in [5.74, 6) is -0.711. The molecule has 0 aliphatic rings. The molecule has 1 amide bonds. The topological polar surface area (TPSA) is 80.0 Å². The van der Waals surface area contributed by atoms with Crippen molar-refractivity contribution >= 4 is 49.8 Å². The number of anilines is 3. The summed E-state index contributed by atoms with van der Waals surface area (Å²) in [6.07, 6.45) is 0. The van der Waals surface area contributed by atoms with Gasteiger partial charge in [-0.25, -0.2) is 9.37 Å². The van der Waals surface area contributed by atoms with Gasteiger partial charge in [-0.3, -0.25) is 4.79 Å². The number of benzene rings is 1. The molecule has 5 nitrogen and oxygen atoms in total. The number of thiazole rings is 1. The minimum Gasteiger partial charge on any atom is -0.382 e. The molecule has 0 saturated heterocycles. The summed E-state index contributed by atoms with van der Waals surface area (Å²) in [5.41, 5.74) is 6.82. The van der Waals surface area contributed by atoms with Crippen molar-refractivity contribution in [2.24, 2.45) is 0 Å². The highest BCUT2D eigenvalue weighted by molar-refractivity contribution is 9.10. The van der Waals surface area contributed by atoms with E-state index in [1.54, 1.807) is 20.0 Å². The minimum atomic E-state index is -0.445. The molecule has 0 bridgehead atoms. The fourth-order valence-corrected chi connectivity index (χ4v) is 2.75. The van der Waals surface area contributed by atoms with Crippen molar-refractivity contribution in [3.8, 4) is 0 Å². The van der Waals surface area contributed by atoms with Crippen molar-refractivity contribution in [2.75, 3.05) is 23.4 Å². The molecule has 0 unspecified atom stereocenters. The quantitative estimate of drug-likeness (QED) is 0.786. The van der Waals surface area contributed by atoms with E-state index in [0.29, 0.717) is 15.3 Å². The Bertz CT molecular complexity index is 674. The molecule has 20 heavy (non-hydrogen) atoms. The van der Waals surface area contributed by atoms with Gasteiger partial charge in [0.25, 0.3) is 5.91 Å². The number of rotatable bonds is 3. The third kappa shape index (κ3) is 2.91. The number of aryl methyl sites for hydroxylation is 1. The third-order valence-electron chi connectivity index (χ3n) is 2.59. The summed E-state index contributed by atoms with van der Waals surface area (Å²) in [5, 5.41) is 6.00. The summed E-state index contributed by atoms with van der Waals surface area (Å²) in [6.45, 7) is 1.77. The Kier molecular flexibility index (Phi) is 4.24. The number of carbonyl (C=O) groups excluding carboxylic acids is 1. The van der Waals surface area contributed by atoms with Crippen LogP contribution in [0.3, 0.4) is 0 Å². The van der Waals surface area contributed by atoms with Crippen LogP contribution in [0.2, 0.25) is 0 Å². The van der Waals surface area contributed by atoms with Gasteiger partial charge in [-0.2, -0.15) is 0 Å². The molecule has 0 radical (unpaired) electrons. The van der Waals surface area contributed by atoms with E-state index in [9.17, 15) is 9.18 Å². The molecule has 2 aromatic rings. The number of nitrogens with zero attached hydrogens (tertiary/aromatic N) is 1. The molecule has 1 aromatic carbocycles. The highest BCUT2D eigenvalue weighted by Gasteiger charge is 2.17. The van der Waals surface area contributed by atoms with Gasteiger partial charge in [-0.1, -0.05) is 11.3 Å². The van der Waals surface area contributed by atoms with E-state index in [1.807, 2.05) is 0 Å². The molecule has 0 saturated carbocycles. The van der Waals surface area contributed by atoms with Crippen molar-refractivity contribution in [3.05, 3.63) is 32.9 Å². The lowest BCUT2D eigenvalue weighted by atomic mass is 10.2. The lowest BCUT2D eigenvalue weighted by Crippen LogP contribution is -2.13. The van der Waals surface area contributed by atoms with Crippen LogP contribution in [0.4, 0.5) is 21.0 Å². The molecule has 0 atom stereocenters. The predicted octanol–water partition coefficient (Wildman–Crippen LogP) is 3.23. The van der Waals surface area contributed by atoms with Crippen LogP contribution in [0.25, 0.3) is 0 Å².